The molecule has 7 rings (SSSR count). The van der Waals surface area contributed by atoms with Crippen LogP contribution in [0.15, 0.2) is 66.9 Å². The second-order valence-electron chi connectivity index (χ2n) is 16.1. The fourth-order valence-corrected chi connectivity index (χ4v) is 7.89. The maximum atomic E-state index is 13.8. The zero-order chi connectivity index (χ0) is 40.1. The van der Waals surface area contributed by atoms with Crippen LogP contribution >= 0.6 is 11.6 Å². The highest BCUT2D eigenvalue weighted by Crippen LogP contribution is 2.39. The van der Waals surface area contributed by atoms with Gasteiger partial charge in [0.2, 0.25) is 5.95 Å². The summed E-state index contributed by atoms with van der Waals surface area (Å²) in [5.41, 5.74) is 5.44. The number of aromatic nitrogens is 5. The van der Waals surface area contributed by atoms with E-state index in [4.69, 9.17) is 31.3 Å². The van der Waals surface area contributed by atoms with Gasteiger partial charge in [0.1, 0.15) is 17.7 Å². The summed E-state index contributed by atoms with van der Waals surface area (Å²) in [7, 11) is 4.09. The predicted octanol–water partition coefficient (Wildman–Crippen LogP) is 8.21. The average molecular weight is 784 g/mol. The third kappa shape index (κ3) is 9.11. The number of hydrogen-bond donors (Lipinski definition) is 3. The van der Waals surface area contributed by atoms with Crippen LogP contribution in [0.5, 0.6) is 5.75 Å². The maximum Gasteiger partial charge on any atom is 0.320 e. The first-order chi connectivity index (χ1) is 26.8. The molecule has 3 N–H and O–H groups in total. The van der Waals surface area contributed by atoms with E-state index in [-0.39, 0.29) is 30.1 Å². The van der Waals surface area contributed by atoms with Crippen molar-refractivity contribution in [3.63, 3.8) is 0 Å². The molecule has 2 amide bonds. The van der Waals surface area contributed by atoms with Crippen molar-refractivity contribution in [2.75, 3.05) is 30.9 Å². The van der Waals surface area contributed by atoms with Crippen LogP contribution in [0, 0.1) is 0 Å². The van der Waals surface area contributed by atoms with Crippen molar-refractivity contribution in [3.05, 3.63) is 94.3 Å². The molecule has 1 saturated heterocycles. The van der Waals surface area contributed by atoms with Crippen LogP contribution < -0.4 is 20.3 Å². The number of rotatable bonds is 9. The molecule has 2 aliphatic rings. The summed E-state index contributed by atoms with van der Waals surface area (Å²) < 4.78 is 10.6. The third-order valence-corrected chi connectivity index (χ3v) is 11.0. The number of ether oxygens (including phenoxy) is 1. The molecule has 56 heavy (non-hydrogen) atoms. The summed E-state index contributed by atoms with van der Waals surface area (Å²) in [6, 6.07) is 20.3. The molecule has 13 nitrogen and oxygen atoms in total. The molecule has 0 radical (unpaired) electrons. The number of urea groups is 1. The Morgan fingerprint density at radius 2 is 1.71 bits per heavy atom. The van der Waals surface area contributed by atoms with Crippen molar-refractivity contribution in [2.45, 2.75) is 103 Å². The number of amides is 2. The van der Waals surface area contributed by atoms with E-state index in [2.05, 4.69) is 87.8 Å². The highest BCUT2D eigenvalue weighted by Gasteiger charge is 2.32. The van der Waals surface area contributed by atoms with E-state index in [9.17, 15) is 4.79 Å². The fraction of sp³-hybridized carbons (Fsp3) is 0.452. The standard InChI is InChI=1S/C41H52ClN9O2.CH2O2/c1-26-11-10-12-27(2)50(26)40-46-45-37-20-16-30(25-49(37)40)53-35-19-18-34(31-13-8-9-14-32(31)35)43-39(52)44-38-24-36(41(3,4)5)47-51(38)29-15-17-33(42)28(23-29)21-22-48(6)7;2-1-3/h8-9,13-17,20,23-27,34-35H,10-12,18-19,21-22H2,1-7H3,(H2,43,44,52);1H,(H,2,3)/t26-,27+,34-,35+;/m0./s1. The van der Waals surface area contributed by atoms with E-state index < -0.39 is 0 Å². The number of piperidine rings is 1. The van der Waals surface area contributed by atoms with Gasteiger partial charge in [0.25, 0.3) is 6.47 Å². The zero-order valence-electron chi connectivity index (χ0n) is 33.4. The van der Waals surface area contributed by atoms with Crippen molar-refractivity contribution in [2.24, 2.45) is 0 Å². The van der Waals surface area contributed by atoms with Gasteiger partial charge in [-0.2, -0.15) is 5.10 Å². The molecule has 2 aromatic carbocycles. The lowest BCUT2D eigenvalue weighted by atomic mass is 9.85. The SMILES string of the molecule is C[C@@H]1CCC[C@H](C)N1c1nnc2ccc(O[C@@H]3CC[C@H](NC(=O)Nc4cc(C(C)(C)C)nn4-c4ccc(Cl)c(CCN(C)C)c4)c4ccccc43)cn12.O=CO. The van der Waals surface area contributed by atoms with Gasteiger partial charge in [-0.1, -0.05) is 56.6 Å². The molecule has 0 saturated carbocycles. The number of nitrogens with one attached hydrogen (secondary N) is 2. The van der Waals surface area contributed by atoms with Gasteiger partial charge in [-0.15, -0.1) is 10.2 Å². The van der Waals surface area contributed by atoms with E-state index in [1.54, 1.807) is 4.68 Å². The van der Waals surface area contributed by atoms with Crippen LogP contribution in [0.25, 0.3) is 11.3 Å². The van der Waals surface area contributed by atoms with Gasteiger partial charge >= 0.3 is 6.03 Å². The molecule has 1 aliphatic carbocycles. The third-order valence-electron chi connectivity index (χ3n) is 10.6. The summed E-state index contributed by atoms with van der Waals surface area (Å²) in [5.74, 6) is 2.21. The number of fused-ring (bicyclic) bond motifs is 2. The maximum absolute atomic E-state index is 13.8. The predicted molar refractivity (Wildman–Crippen MR) is 220 cm³/mol. The minimum Gasteiger partial charge on any atom is -0.484 e. The summed E-state index contributed by atoms with van der Waals surface area (Å²) >= 11 is 6.59. The lowest BCUT2D eigenvalue weighted by Crippen LogP contribution is -2.44. The number of halogens is 1. The Morgan fingerprint density at radius 3 is 2.41 bits per heavy atom. The van der Waals surface area contributed by atoms with Crippen molar-refractivity contribution in [3.8, 4) is 11.4 Å². The molecule has 4 heterocycles. The molecule has 0 bridgehead atoms. The van der Waals surface area contributed by atoms with Gasteiger partial charge in [-0.05, 0) is 113 Å². The summed E-state index contributed by atoms with van der Waals surface area (Å²) in [5, 5.41) is 28.0. The second-order valence-corrected chi connectivity index (χ2v) is 16.5. The van der Waals surface area contributed by atoms with Gasteiger partial charge in [-0.25, -0.2) is 9.48 Å². The van der Waals surface area contributed by atoms with Crippen LogP contribution in [0.4, 0.5) is 16.6 Å². The highest BCUT2D eigenvalue weighted by molar-refractivity contribution is 6.31. The van der Waals surface area contributed by atoms with Crippen molar-refractivity contribution in [1.82, 2.24) is 34.6 Å². The number of hydrogen-bond acceptors (Lipinski definition) is 8. The van der Waals surface area contributed by atoms with Crippen LogP contribution in [0.3, 0.4) is 0 Å². The summed E-state index contributed by atoms with van der Waals surface area (Å²) in [4.78, 5) is 26.7. The van der Waals surface area contributed by atoms with E-state index in [0.717, 1.165) is 89.1 Å². The number of benzene rings is 2. The Bertz CT molecular complexity index is 2130. The molecule has 5 aromatic rings. The molecule has 298 valence electrons. The summed E-state index contributed by atoms with van der Waals surface area (Å²) in [6.07, 6.45) is 7.62. The lowest BCUT2D eigenvalue weighted by Gasteiger charge is -2.39. The average Bonchev–Trinajstić information content (AvgIpc) is 3.77. The van der Waals surface area contributed by atoms with Crippen LogP contribution in [-0.4, -0.2) is 79.6 Å². The number of likely N-dealkylation sites (N-methyl/N-ethyl adjacent to an activating group) is 1. The van der Waals surface area contributed by atoms with Gasteiger partial charge < -0.3 is 25.0 Å². The van der Waals surface area contributed by atoms with Gasteiger partial charge in [0.15, 0.2) is 5.65 Å². The monoisotopic (exact) mass is 783 g/mol. The van der Waals surface area contributed by atoms with E-state index in [1.165, 1.54) is 6.42 Å². The van der Waals surface area contributed by atoms with Gasteiger partial charge in [-0.3, -0.25) is 14.5 Å². The Kier molecular flexibility index (Phi) is 12.5. The highest BCUT2D eigenvalue weighted by atomic mass is 35.5. The topological polar surface area (TPSA) is 142 Å². The number of anilines is 2. The number of carbonyl (C=O) groups excluding carboxylic acids is 1. The second kappa shape index (κ2) is 17.3. The molecular formula is C42H54ClN9O4. The minimum absolute atomic E-state index is 0.167. The Hall–Kier alpha value is -5.14. The molecule has 0 unspecified atom stereocenters. The smallest absolute Gasteiger partial charge is 0.320 e. The van der Waals surface area contributed by atoms with Crippen LogP contribution in [0.1, 0.15) is 101 Å². The quantitative estimate of drug-likeness (QED) is 0.126. The number of carboxylic acid groups (broad SMARTS) is 1. The van der Waals surface area contributed by atoms with Crippen molar-refractivity contribution < 1.29 is 19.4 Å². The Labute approximate surface area is 334 Å². The first-order valence-electron chi connectivity index (χ1n) is 19.4. The number of carbonyl (C=O) groups is 2. The molecule has 14 heteroatoms. The Morgan fingerprint density at radius 1 is 1.00 bits per heavy atom. The fourth-order valence-electron chi connectivity index (χ4n) is 7.68. The van der Waals surface area contributed by atoms with Crippen molar-refractivity contribution in [1.29, 1.82) is 0 Å². The van der Waals surface area contributed by atoms with Crippen LogP contribution in [-0.2, 0) is 16.6 Å². The molecule has 0 spiro atoms. The first-order valence-corrected chi connectivity index (χ1v) is 19.7. The van der Waals surface area contributed by atoms with Crippen LogP contribution in [0.2, 0.25) is 5.02 Å². The minimum atomic E-state index is -0.292. The molecule has 1 fully saturated rings. The van der Waals surface area contributed by atoms with E-state index in [0.29, 0.717) is 17.9 Å². The van der Waals surface area contributed by atoms with Gasteiger partial charge in [0.05, 0.1) is 23.6 Å². The van der Waals surface area contributed by atoms with Gasteiger partial charge in [0, 0.05) is 35.1 Å². The summed E-state index contributed by atoms with van der Waals surface area (Å²) in [6.45, 7) is 11.5. The van der Waals surface area contributed by atoms with E-state index >= 15 is 0 Å². The first kappa shape index (κ1) is 40.5. The van der Waals surface area contributed by atoms with E-state index in [1.807, 2.05) is 62.8 Å². The largest absolute Gasteiger partial charge is 0.484 e. The number of pyridine rings is 1. The normalized spacial score (nSPS) is 19.6. The number of nitrogens with zero attached hydrogens (tertiary/aromatic N) is 7. The molecular weight excluding hydrogens is 730 g/mol. The molecule has 1 aliphatic heterocycles. The molecule has 4 atom stereocenters. The lowest BCUT2D eigenvalue weighted by molar-refractivity contribution is -0.122. The zero-order valence-corrected chi connectivity index (χ0v) is 34.1. The van der Waals surface area contributed by atoms with Crippen molar-refractivity contribution >= 4 is 41.5 Å². The molecule has 3 aromatic heterocycles. The Balaban J connectivity index is 0.00000172.